The highest BCUT2D eigenvalue weighted by atomic mass is 15.0. The van der Waals surface area contributed by atoms with Crippen LogP contribution < -0.4 is 0 Å². The Bertz CT molecular complexity index is 1700. The Morgan fingerprint density at radius 1 is 0.260 bits per heavy atom. The Morgan fingerprint density at radius 3 is 0.820 bits per heavy atom. The van der Waals surface area contributed by atoms with Gasteiger partial charge in [0.05, 0.1) is 11.4 Å². The van der Waals surface area contributed by atoms with Crippen LogP contribution in [0.25, 0.3) is 11.0 Å². The maximum absolute atomic E-state index is 5.24. The lowest BCUT2D eigenvalue weighted by atomic mass is 10.0. The second-order valence-electron chi connectivity index (χ2n) is 13.6. The Balaban J connectivity index is 1.21. The number of nitrogens with zero attached hydrogens (tertiary/aromatic N) is 4. The summed E-state index contributed by atoms with van der Waals surface area (Å²) in [7, 11) is 0. The van der Waals surface area contributed by atoms with E-state index >= 15 is 0 Å². The molecule has 256 valence electrons. The minimum atomic E-state index is 0.883. The van der Waals surface area contributed by atoms with Gasteiger partial charge in [0.15, 0.2) is 0 Å². The zero-order chi connectivity index (χ0) is 34.1. The standard InChI is InChI=1S/C46H52N4/c1-5-21-37(22-6-1)29-13-17-33-41-45-46(50-43(47-41)35-19-15-31-39-25-9-3-10-26-39)42(34-18-14-30-38-23-7-2-8-24-38)48-44(49-45)36-20-16-32-40-27-11-4-12-28-40/h1-12,21-28H,13-20,29-36H2. The van der Waals surface area contributed by atoms with E-state index < -0.39 is 0 Å². The van der Waals surface area contributed by atoms with Gasteiger partial charge in [0.1, 0.15) is 22.7 Å². The summed E-state index contributed by atoms with van der Waals surface area (Å²) in [6.07, 6.45) is 16.8. The van der Waals surface area contributed by atoms with Crippen LogP contribution in [-0.4, -0.2) is 19.9 Å². The van der Waals surface area contributed by atoms with Crippen LogP contribution in [0.3, 0.4) is 0 Å². The minimum absolute atomic E-state index is 0.883. The molecule has 0 saturated heterocycles. The molecule has 6 aromatic rings. The third-order valence-electron chi connectivity index (χ3n) is 9.64. The summed E-state index contributed by atoms with van der Waals surface area (Å²) < 4.78 is 0. The Hall–Kier alpha value is -4.70. The van der Waals surface area contributed by atoms with E-state index in [9.17, 15) is 0 Å². The second kappa shape index (κ2) is 19.5. The van der Waals surface area contributed by atoms with Gasteiger partial charge in [-0.05, 0) is 112 Å². The van der Waals surface area contributed by atoms with Crippen molar-refractivity contribution in [1.82, 2.24) is 19.9 Å². The lowest BCUT2D eigenvalue weighted by Gasteiger charge is -2.13. The van der Waals surface area contributed by atoms with Gasteiger partial charge in [0, 0.05) is 12.8 Å². The van der Waals surface area contributed by atoms with Crippen molar-refractivity contribution in [1.29, 1.82) is 0 Å². The summed E-state index contributed by atoms with van der Waals surface area (Å²) >= 11 is 0. The molecule has 0 radical (unpaired) electrons. The molecule has 0 aliphatic carbocycles. The molecule has 4 nitrogen and oxygen atoms in total. The number of hydrogen-bond donors (Lipinski definition) is 0. The van der Waals surface area contributed by atoms with Gasteiger partial charge in [0.25, 0.3) is 0 Å². The fourth-order valence-corrected chi connectivity index (χ4v) is 6.85. The van der Waals surface area contributed by atoms with Crippen molar-refractivity contribution in [2.45, 2.75) is 103 Å². The molecule has 6 rings (SSSR count). The second-order valence-corrected chi connectivity index (χ2v) is 13.6. The number of benzene rings is 4. The summed E-state index contributed by atoms with van der Waals surface area (Å²) in [5.74, 6) is 1.90. The Labute approximate surface area is 299 Å². The van der Waals surface area contributed by atoms with Crippen LogP contribution in [-0.2, 0) is 51.4 Å². The van der Waals surface area contributed by atoms with E-state index in [2.05, 4.69) is 121 Å². The molecule has 0 unspecified atom stereocenters. The largest absolute Gasteiger partial charge is 0.236 e. The molecule has 0 atom stereocenters. The van der Waals surface area contributed by atoms with E-state index in [1.807, 2.05) is 0 Å². The molecule has 4 aromatic carbocycles. The SMILES string of the molecule is c1ccc(CCCCc2nc(CCCCc3ccccc3)c3nc(CCCCc4ccccc4)nc(CCCCc4ccccc4)c3n2)cc1. The van der Waals surface area contributed by atoms with Gasteiger partial charge < -0.3 is 0 Å². The van der Waals surface area contributed by atoms with Crippen LogP contribution in [0.15, 0.2) is 121 Å². The highest BCUT2D eigenvalue weighted by Gasteiger charge is 2.16. The summed E-state index contributed by atoms with van der Waals surface area (Å²) in [6, 6.07) is 43.2. The molecule has 0 aliphatic rings. The number of unbranched alkanes of at least 4 members (excludes halogenated alkanes) is 4. The van der Waals surface area contributed by atoms with Gasteiger partial charge in [-0.2, -0.15) is 0 Å². The van der Waals surface area contributed by atoms with Crippen molar-refractivity contribution in [2.24, 2.45) is 0 Å². The third kappa shape index (κ3) is 11.2. The molecule has 2 heterocycles. The van der Waals surface area contributed by atoms with Crippen LogP contribution >= 0.6 is 0 Å². The van der Waals surface area contributed by atoms with Gasteiger partial charge in [-0.1, -0.05) is 121 Å². The summed E-state index contributed by atoms with van der Waals surface area (Å²) in [6.45, 7) is 0. The topological polar surface area (TPSA) is 51.6 Å². The maximum atomic E-state index is 5.24. The highest BCUT2D eigenvalue weighted by Crippen LogP contribution is 2.23. The van der Waals surface area contributed by atoms with E-state index in [1.165, 1.54) is 22.3 Å². The molecule has 0 spiro atoms. The normalized spacial score (nSPS) is 11.3. The Kier molecular flexibility index (Phi) is 13.7. The Morgan fingerprint density at radius 2 is 0.520 bits per heavy atom. The number of rotatable bonds is 20. The van der Waals surface area contributed by atoms with Crippen molar-refractivity contribution in [3.8, 4) is 0 Å². The zero-order valence-corrected chi connectivity index (χ0v) is 29.6. The van der Waals surface area contributed by atoms with E-state index in [-0.39, 0.29) is 0 Å². The van der Waals surface area contributed by atoms with Gasteiger partial charge in [-0.3, -0.25) is 0 Å². The van der Waals surface area contributed by atoms with E-state index in [4.69, 9.17) is 19.9 Å². The van der Waals surface area contributed by atoms with Gasteiger partial charge >= 0.3 is 0 Å². The van der Waals surface area contributed by atoms with Gasteiger partial charge in [-0.15, -0.1) is 0 Å². The van der Waals surface area contributed by atoms with Gasteiger partial charge in [0.2, 0.25) is 0 Å². The molecule has 0 N–H and O–H groups in total. The quantitative estimate of drug-likeness (QED) is 0.0765. The van der Waals surface area contributed by atoms with Crippen molar-refractivity contribution in [3.63, 3.8) is 0 Å². The molecular formula is C46H52N4. The molecular weight excluding hydrogens is 609 g/mol. The summed E-state index contributed by atoms with van der Waals surface area (Å²) in [4.78, 5) is 21.0. The fraction of sp³-hybridized carbons (Fsp3) is 0.348. The van der Waals surface area contributed by atoms with Crippen LogP contribution in [0.1, 0.15) is 96.7 Å². The van der Waals surface area contributed by atoms with Crippen LogP contribution in [0.4, 0.5) is 0 Å². The van der Waals surface area contributed by atoms with E-state index in [0.717, 1.165) is 137 Å². The van der Waals surface area contributed by atoms with Gasteiger partial charge in [-0.25, -0.2) is 19.9 Å². The van der Waals surface area contributed by atoms with Crippen molar-refractivity contribution in [3.05, 3.63) is 167 Å². The monoisotopic (exact) mass is 660 g/mol. The predicted molar refractivity (Wildman–Crippen MR) is 207 cm³/mol. The van der Waals surface area contributed by atoms with Crippen LogP contribution in [0.2, 0.25) is 0 Å². The lowest BCUT2D eigenvalue weighted by molar-refractivity contribution is 0.679. The van der Waals surface area contributed by atoms with Crippen LogP contribution in [0, 0.1) is 0 Å². The average Bonchev–Trinajstić information content (AvgIpc) is 3.17. The molecule has 0 amide bonds. The molecule has 4 heteroatoms. The van der Waals surface area contributed by atoms with E-state index in [1.54, 1.807) is 0 Å². The average molecular weight is 661 g/mol. The first kappa shape index (κ1) is 35.1. The molecule has 2 aromatic heterocycles. The first-order chi connectivity index (χ1) is 24.8. The third-order valence-corrected chi connectivity index (χ3v) is 9.64. The highest BCUT2D eigenvalue weighted by molar-refractivity contribution is 5.79. The van der Waals surface area contributed by atoms with Crippen LogP contribution in [0.5, 0.6) is 0 Å². The number of hydrogen-bond acceptors (Lipinski definition) is 4. The maximum Gasteiger partial charge on any atom is 0.129 e. The zero-order valence-electron chi connectivity index (χ0n) is 29.6. The lowest BCUT2D eigenvalue weighted by Crippen LogP contribution is -2.10. The summed E-state index contributed by atoms with van der Waals surface area (Å²) in [5.41, 5.74) is 9.79. The molecule has 50 heavy (non-hydrogen) atoms. The molecule has 0 fully saturated rings. The van der Waals surface area contributed by atoms with Crippen molar-refractivity contribution in [2.75, 3.05) is 0 Å². The first-order valence-corrected chi connectivity index (χ1v) is 19.0. The smallest absolute Gasteiger partial charge is 0.129 e. The minimum Gasteiger partial charge on any atom is -0.236 e. The van der Waals surface area contributed by atoms with Crippen molar-refractivity contribution < 1.29 is 0 Å². The first-order valence-electron chi connectivity index (χ1n) is 19.0. The van der Waals surface area contributed by atoms with Crippen molar-refractivity contribution >= 4 is 11.0 Å². The molecule has 0 saturated carbocycles. The predicted octanol–water partition coefficient (Wildman–Crippen LogP) is 10.7. The van der Waals surface area contributed by atoms with E-state index in [0.29, 0.717) is 0 Å². The number of fused-ring (bicyclic) bond motifs is 1. The molecule has 0 aliphatic heterocycles. The summed E-state index contributed by atoms with van der Waals surface area (Å²) in [5, 5.41) is 0. The number of aryl methyl sites for hydroxylation is 8. The number of aromatic nitrogens is 4. The fourth-order valence-electron chi connectivity index (χ4n) is 6.85. The molecule has 0 bridgehead atoms.